The predicted octanol–water partition coefficient (Wildman–Crippen LogP) is 1.75. The largest absolute Gasteiger partial charge is 0.496 e. The van der Waals surface area contributed by atoms with E-state index in [-0.39, 0.29) is 12.2 Å². The van der Waals surface area contributed by atoms with Crippen LogP contribution in [-0.4, -0.2) is 31.8 Å². The van der Waals surface area contributed by atoms with Crippen molar-refractivity contribution in [3.63, 3.8) is 0 Å². The van der Waals surface area contributed by atoms with E-state index in [2.05, 4.69) is 5.16 Å². The molecule has 0 saturated carbocycles. The van der Waals surface area contributed by atoms with Crippen molar-refractivity contribution in [2.24, 2.45) is 10.9 Å². The number of oxime groups is 1. The molecule has 0 spiro atoms. The smallest absolute Gasteiger partial charge is 0.369 e. The second-order valence-electron chi connectivity index (χ2n) is 4.64. The average molecular weight is 328 g/mol. The van der Waals surface area contributed by atoms with Crippen LogP contribution >= 0.6 is 0 Å². The van der Waals surface area contributed by atoms with Crippen molar-refractivity contribution in [1.29, 1.82) is 0 Å². The molecule has 0 aliphatic carbocycles. The number of nitrogens with zero attached hydrogens (tertiary/aromatic N) is 1. The van der Waals surface area contributed by atoms with Crippen molar-refractivity contribution < 1.29 is 23.9 Å². The highest BCUT2D eigenvalue weighted by molar-refractivity contribution is 5.93. The molecular weight excluding hydrogens is 312 g/mol. The Morgan fingerprint density at radius 3 is 2.50 bits per heavy atom. The van der Waals surface area contributed by atoms with Crippen LogP contribution in [0.2, 0.25) is 0 Å². The van der Waals surface area contributed by atoms with E-state index in [9.17, 15) is 9.59 Å². The third kappa shape index (κ3) is 4.84. The molecule has 0 atom stereocenters. The molecule has 0 radical (unpaired) electrons. The Bertz CT molecular complexity index is 741. The van der Waals surface area contributed by atoms with Crippen molar-refractivity contribution in [1.82, 2.24) is 0 Å². The molecule has 0 fully saturated rings. The first-order valence-corrected chi connectivity index (χ1v) is 6.99. The molecule has 0 aliphatic rings. The third-order valence-corrected chi connectivity index (χ3v) is 2.93. The van der Waals surface area contributed by atoms with Gasteiger partial charge in [0.1, 0.15) is 17.1 Å². The summed E-state index contributed by atoms with van der Waals surface area (Å²) >= 11 is 0. The van der Waals surface area contributed by atoms with Gasteiger partial charge >= 0.3 is 5.97 Å². The Morgan fingerprint density at radius 1 is 1.12 bits per heavy atom. The van der Waals surface area contributed by atoms with Crippen LogP contribution in [0.15, 0.2) is 53.7 Å². The Morgan fingerprint density at radius 2 is 1.83 bits per heavy atom. The first-order chi connectivity index (χ1) is 11.6. The fourth-order valence-corrected chi connectivity index (χ4v) is 1.80. The van der Waals surface area contributed by atoms with E-state index in [1.807, 2.05) is 0 Å². The van der Waals surface area contributed by atoms with Gasteiger partial charge in [0.25, 0.3) is 5.91 Å². The number of carbonyl (C=O) groups is 2. The molecule has 7 heteroatoms. The molecule has 7 nitrogen and oxygen atoms in total. The Kier molecular flexibility index (Phi) is 5.90. The van der Waals surface area contributed by atoms with Crippen LogP contribution in [-0.2, 0) is 9.63 Å². The van der Waals surface area contributed by atoms with Gasteiger partial charge in [-0.05, 0) is 42.0 Å². The van der Waals surface area contributed by atoms with E-state index in [1.54, 1.807) is 48.5 Å². The van der Waals surface area contributed by atoms with Gasteiger partial charge in [0.2, 0.25) is 0 Å². The van der Waals surface area contributed by atoms with Crippen molar-refractivity contribution in [2.45, 2.75) is 0 Å². The quantitative estimate of drug-likeness (QED) is 0.474. The second kappa shape index (κ2) is 8.33. The fraction of sp³-hybridized carbons (Fsp3) is 0.118. The van der Waals surface area contributed by atoms with E-state index in [4.69, 9.17) is 20.0 Å². The summed E-state index contributed by atoms with van der Waals surface area (Å²) in [6.07, 6.45) is 1.38. The molecule has 0 aliphatic heterocycles. The Balaban J connectivity index is 1.94. The average Bonchev–Trinajstić information content (AvgIpc) is 2.60. The van der Waals surface area contributed by atoms with E-state index in [0.717, 1.165) is 0 Å². The molecule has 0 heterocycles. The lowest BCUT2D eigenvalue weighted by atomic mass is 10.2. The fourth-order valence-electron chi connectivity index (χ4n) is 1.80. The molecule has 1 amide bonds. The van der Waals surface area contributed by atoms with Gasteiger partial charge in [-0.1, -0.05) is 17.3 Å². The molecule has 0 unspecified atom stereocenters. The zero-order chi connectivity index (χ0) is 17.4. The normalized spacial score (nSPS) is 10.4. The van der Waals surface area contributed by atoms with Gasteiger partial charge in [0, 0.05) is 0 Å². The summed E-state index contributed by atoms with van der Waals surface area (Å²) in [6, 6.07) is 13.4. The molecule has 2 rings (SSSR count). The molecule has 124 valence electrons. The van der Waals surface area contributed by atoms with Gasteiger partial charge in [0.15, 0.2) is 6.61 Å². The maximum Gasteiger partial charge on any atom is 0.369 e. The molecule has 24 heavy (non-hydrogen) atoms. The first kappa shape index (κ1) is 17.0. The minimum Gasteiger partial charge on any atom is -0.496 e. The van der Waals surface area contributed by atoms with Crippen LogP contribution in [0.1, 0.15) is 15.9 Å². The number of para-hydroxylation sites is 1. The van der Waals surface area contributed by atoms with E-state index in [1.165, 1.54) is 13.3 Å². The maximum atomic E-state index is 11.9. The van der Waals surface area contributed by atoms with Gasteiger partial charge in [-0.25, -0.2) is 4.79 Å². The summed E-state index contributed by atoms with van der Waals surface area (Å²) in [5.74, 6) is -0.264. The summed E-state index contributed by atoms with van der Waals surface area (Å²) in [5, 5.41) is 3.65. The first-order valence-electron chi connectivity index (χ1n) is 6.99. The lowest BCUT2D eigenvalue weighted by Crippen LogP contribution is -2.19. The zero-order valence-electron chi connectivity index (χ0n) is 13.0. The van der Waals surface area contributed by atoms with Gasteiger partial charge in [-0.2, -0.15) is 0 Å². The minimum absolute atomic E-state index is 0.191. The van der Waals surface area contributed by atoms with Crippen molar-refractivity contribution in [2.75, 3.05) is 13.7 Å². The van der Waals surface area contributed by atoms with Gasteiger partial charge in [-0.15, -0.1) is 0 Å². The zero-order valence-corrected chi connectivity index (χ0v) is 13.0. The number of hydrogen-bond donors (Lipinski definition) is 1. The highest BCUT2D eigenvalue weighted by atomic mass is 16.7. The third-order valence-electron chi connectivity index (χ3n) is 2.93. The molecule has 0 saturated heterocycles. The number of primary amides is 1. The molecular formula is C17H16N2O5. The van der Waals surface area contributed by atoms with Crippen LogP contribution in [0.5, 0.6) is 11.5 Å². The van der Waals surface area contributed by atoms with E-state index < -0.39 is 11.9 Å². The highest BCUT2D eigenvalue weighted by Gasteiger charge is 2.12. The summed E-state index contributed by atoms with van der Waals surface area (Å²) < 4.78 is 10.2. The number of nitrogens with two attached hydrogens (primary N) is 1. The van der Waals surface area contributed by atoms with Gasteiger partial charge in [-0.3, -0.25) is 4.79 Å². The SMILES string of the molecule is COc1ccccc1C(=O)O/N=C/c1ccc(OCC(N)=O)cc1. The number of rotatable bonds is 7. The predicted molar refractivity (Wildman–Crippen MR) is 87.1 cm³/mol. The lowest BCUT2D eigenvalue weighted by molar-refractivity contribution is -0.119. The second-order valence-corrected chi connectivity index (χ2v) is 4.64. The number of benzene rings is 2. The minimum atomic E-state index is -0.620. The van der Waals surface area contributed by atoms with Crippen LogP contribution in [0.4, 0.5) is 0 Å². The molecule has 2 aromatic rings. The number of amides is 1. The molecule has 2 aromatic carbocycles. The number of ether oxygens (including phenoxy) is 2. The number of carbonyl (C=O) groups excluding carboxylic acids is 2. The van der Waals surface area contributed by atoms with E-state index in [0.29, 0.717) is 17.1 Å². The van der Waals surface area contributed by atoms with Crippen molar-refractivity contribution in [3.05, 3.63) is 59.7 Å². The van der Waals surface area contributed by atoms with Gasteiger partial charge in [0.05, 0.1) is 13.3 Å². The van der Waals surface area contributed by atoms with Crippen LogP contribution < -0.4 is 15.2 Å². The topological polar surface area (TPSA) is 100 Å². The number of methoxy groups -OCH3 is 1. The monoisotopic (exact) mass is 328 g/mol. The van der Waals surface area contributed by atoms with Crippen LogP contribution in [0, 0.1) is 0 Å². The Labute approximate surface area is 138 Å². The summed E-state index contributed by atoms with van der Waals surface area (Å²) in [4.78, 5) is 27.4. The van der Waals surface area contributed by atoms with Crippen molar-refractivity contribution >= 4 is 18.1 Å². The lowest BCUT2D eigenvalue weighted by Gasteiger charge is -2.05. The van der Waals surface area contributed by atoms with Crippen LogP contribution in [0.25, 0.3) is 0 Å². The van der Waals surface area contributed by atoms with Gasteiger partial charge < -0.3 is 20.0 Å². The standard InChI is InChI=1S/C17H16N2O5/c1-22-15-5-3-2-4-14(15)17(21)24-19-10-12-6-8-13(9-7-12)23-11-16(18)20/h2-10H,11H2,1H3,(H2,18,20)/b19-10+. The van der Waals surface area contributed by atoms with Crippen LogP contribution in [0.3, 0.4) is 0 Å². The summed E-state index contributed by atoms with van der Waals surface area (Å²) in [6.45, 7) is -0.191. The molecule has 2 N–H and O–H groups in total. The summed E-state index contributed by atoms with van der Waals surface area (Å²) in [5.41, 5.74) is 5.96. The van der Waals surface area contributed by atoms with E-state index >= 15 is 0 Å². The van der Waals surface area contributed by atoms with Crippen molar-refractivity contribution in [3.8, 4) is 11.5 Å². The maximum absolute atomic E-state index is 11.9. The molecule has 0 aromatic heterocycles. The number of hydrogen-bond acceptors (Lipinski definition) is 6. The Hall–Kier alpha value is -3.35. The summed E-state index contributed by atoms with van der Waals surface area (Å²) in [7, 11) is 1.47. The highest BCUT2D eigenvalue weighted by Crippen LogP contribution is 2.18. The molecule has 0 bridgehead atoms.